The number of ether oxygens (including phenoxy) is 1. The highest BCUT2D eigenvalue weighted by Gasteiger charge is 2.30. The van der Waals surface area contributed by atoms with Crippen LogP contribution in [0.4, 0.5) is 0 Å². The number of likely N-dealkylation sites (N-methyl/N-ethyl adjacent to an activating group) is 1. The van der Waals surface area contributed by atoms with Gasteiger partial charge < -0.3 is 9.64 Å². The van der Waals surface area contributed by atoms with Crippen molar-refractivity contribution in [2.75, 3.05) is 14.1 Å². The fourth-order valence-corrected chi connectivity index (χ4v) is 2.81. The van der Waals surface area contributed by atoms with E-state index in [2.05, 4.69) is 33.9 Å². The van der Waals surface area contributed by atoms with Crippen molar-refractivity contribution in [3.63, 3.8) is 0 Å². The molecule has 0 spiro atoms. The zero-order chi connectivity index (χ0) is 14.7. The van der Waals surface area contributed by atoms with Crippen LogP contribution in [0.3, 0.4) is 0 Å². The Labute approximate surface area is 125 Å². The second kappa shape index (κ2) is 6.18. The molecule has 2 atom stereocenters. The third kappa shape index (κ3) is 3.19. The number of hydrogen-bond acceptors (Lipinski definition) is 5. The summed E-state index contributed by atoms with van der Waals surface area (Å²) >= 11 is 0. The molecule has 0 saturated heterocycles. The van der Waals surface area contributed by atoms with Crippen LogP contribution < -0.4 is 4.74 Å². The molecular formula is C16H20N4O. The van der Waals surface area contributed by atoms with Crippen LogP contribution in [0.2, 0.25) is 0 Å². The van der Waals surface area contributed by atoms with Gasteiger partial charge in [0.25, 0.3) is 0 Å². The van der Waals surface area contributed by atoms with E-state index in [4.69, 9.17) is 4.74 Å². The van der Waals surface area contributed by atoms with Gasteiger partial charge in [-0.1, -0.05) is 6.07 Å². The Bertz CT molecular complexity index is 571. The van der Waals surface area contributed by atoms with Gasteiger partial charge in [-0.15, -0.1) is 0 Å². The van der Waals surface area contributed by atoms with E-state index in [0.717, 1.165) is 17.8 Å². The van der Waals surface area contributed by atoms with E-state index in [1.165, 1.54) is 12.8 Å². The highest BCUT2D eigenvalue weighted by atomic mass is 16.5. The molecule has 0 aromatic carbocycles. The molecule has 3 rings (SSSR count). The van der Waals surface area contributed by atoms with Crippen molar-refractivity contribution in [1.29, 1.82) is 0 Å². The third-order valence-corrected chi connectivity index (χ3v) is 3.91. The lowest BCUT2D eigenvalue weighted by molar-refractivity contribution is 0.116. The summed E-state index contributed by atoms with van der Waals surface area (Å²) in [6.07, 6.45) is 8.82. The van der Waals surface area contributed by atoms with E-state index in [1.54, 1.807) is 18.6 Å². The molecule has 5 nitrogen and oxygen atoms in total. The van der Waals surface area contributed by atoms with Crippen LogP contribution in [0, 0.1) is 0 Å². The van der Waals surface area contributed by atoms with Crippen LogP contribution in [-0.2, 0) is 0 Å². The Morgan fingerprint density at radius 2 is 1.95 bits per heavy atom. The molecule has 2 aromatic heterocycles. The number of rotatable bonds is 4. The molecule has 2 heterocycles. The predicted octanol–water partition coefficient (Wildman–Crippen LogP) is 2.40. The van der Waals surface area contributed by atoms with Crippen molar-refractivity contribution >= 4 is 0 Å². The van der Waals surface area contributed by atoms with Gasteiger partial charge in [-0.05, 0) is 45.5 Å². The Hall–Kier alpha value is -2.01. The van der Waals surface area contributed by atoms with Gasteiger partial charge in [-0.2, -0.15) is 0 Å². The fraction of sp³-hybridized carbons (Fsp3) is 0.438. The van der Waals surface area contributed by atoms with E-state index in [0.29, 0.717) is 11.9 Å². The fourth-order valence-electron chi connectivity index (χ4n) is 2.81. The van der Waals surface area contributed by atoms with Crippen LogP contribution in [-0.4, -0.2) is 46.1 Å². The molecule has 110 valence electrons. The molecule has 2 aromatic rings. The summed E-state index contributed by atoms with van der Waals surface area (Å²) < 4.78 is 6.00. The smallest absolute Gasteiger partial charge is 0.232 e. The number of aromatic nitrogens is 3. The molecule has 0 bridgehead atoms. The first-order chi connectivity index (χ1) is 10.2. The molecule has 0 unspecified atom stereocenters. The molecular weight excluding hydrogens is 264 g/mol. The quantitative estimate of drug-likeness (QED) is 0.863. The maximum absolute atomic E-state index is 6.00. The minimum atomic E-state index is 0.204. The molecule has 0 aliphatic heterocycles. The van der Waals surface area contributed by atoms with E-state index in [-0.39, 0.29) is 6.10 Å². The lowest BCUT2D eigenvalue weighted by Gasteiger charge is -2.26. The van der Waals surface area contributed by atoms with Crippen molar-refractivity contribution in [3.05, 3.63) is 36.8 Å². The largest absolute Gasteiger partial charge is 0.472 e. The minimum absolute atomic E-state index is 0.204. The lowest BCUT2D eigenvalue weighted by atomic mass is 10.2. The van der Waals surface area contributed by atoms with Crippen LogP contribution in [0.1, 0.15) is 19.3 Å². The highest BCUT2D eigenvalue weighted by Crippen LogP contribution is 2.26. The van der Waals surface area contributed by atoms with Crippen LogP contribution in [0.15, 0.2) is 36.8 Å². The molecule has 1 fully saturated rings. The Kier molecular flexibility index (Phi) is 4.10. The first kappa shape index (κ1) is 13.9. The van der Waals surface area contributed by atoms with E-state index < -0.39 is 0 Å². The van der Waals surface area contributed by atoms with Gasteiger partial charge in [0.2, 0.25) is 5.88 Å². The summed E-state index contributed by atoms with van der Waals surface area (Å²) in [4.78, 5) is 15.3. The summed E-state index contributed by atoms with van der Waals surface area (Å²) in [5, 5.41) is 0. The first-order valence-electron chi connectivity index (χ1n) is 7.30. The van der Waals surface area contributed by atoms with Gasteiger partial charge in [0, 0.05) is 12.2 Å². The summed E-state index contributed by atoms with van der Waals surface area (Å²) in [6.45, 7) is 0. The molecule has 1 aliphatic rings. The van der Waals surface area contributed by atoms with E-state index in [9.17, 15) is 0 Å². The maximum atomic E-state index is 6.00. The topological polar surface area (TPSA) is 51.1 Å². The Morgan fingerprint density at radius 1 is 1.05 bits per heavy atom. The predicted molar refractivity (Wildman–Crippen MR) is 81.0 cm³/mol. The summed E-state index contributed by atoms with van der Waals surface area (Å²) in [7, 11) is 4.20. The van der Waals surface area contributed by atoms with Gasteiger partial charge in [-0.25, -0.2) is 9.97 Å². The normalized spacial score (nSPS) is 21.7. The molecule has 0 N–H and O–H groups in total. The lowest BCUT2D eigenvalue weighted by Crippen LogP contribution is -2.38. The van der Waals surface area contributed by atoms with Crippen molar-refractivity contribution in [3.8, 4) is 17.3 Å². The number of nitrogens with zero attached hydrogens (tertiary/aromatic N) is 4. The molecule has 0 amide bonds. The first-order valence-corrected chi connectivity index (χ1v) is 7.30. The van der Waals surface area contributed by atoms with Crippen LogP contribution >= 0.6 is 0 Å². The molecule has 0 radical (unpaired) electrons. The van der Waals surface area contributed by atoms with Gasteiger partial charge in [-0.3, -0.25) is 4.98 Å². The average Bonchev–Trinajstić information content (AvgIpc) is 2.97. The van der Waals surface area contributed by atoms with Crippen LogP contribution in [0.25, 0.3) is 11.4 Å². The molecule has 1 aliphatic carbocycles. The minimum Gasteiger partial charge on any atom is -0.472 e. The summed E-state index contributed by atoms with van der Waals surface area (Å²) in [5.74, 6) is 0.591. The van der Waals surface area contributed by atoms with Crippen LogP contribution in [0.5, 0.6) is 5.88 Å². The molecule has 1 saturated carbocycles. The monoisotopic (exact) mass is 284 g/mol. The van der Waals surface area contributed by atoms with E-state index >= 15 is 0 Å². The molecule has 21 heavy (non-hydrogen) atoms. The SMILES string of the molecule is CN(C)[C@@H]1CCC[C@H]1Oc1cnc(-c2ccccn2)cn1. The van der Waals surface area contributed by atoms with Gasteiger partial charge in [0.1, 0.15) is 11.8 Å². The van der Waals surface area contributed by atoms with Crippen molar-refractivity contribution < 1.29 is 4.74 Å². The second-order valence-electron chi connectivity index (χ2n) is 5.57. The van der Waals surface area contributed by atoms with Gasteiger partial charge in [0.15, 0.2) is 0 Å². The van der Waals surface area contributed by atoms with Gasteiger partial charge in [0.05, 0.1) is 18.1 Å². The summed E-state index contributed by atoms with van der Waals surface area (Å²) in [5.41, 5.74) is 1.59. The Morgan fingerprint density at radius 3 is 2.62 bits per heavy atom. The average molecular weight is 284 g/mol. The zero-order valence-corrected chi connectivity index (χ0v) is 12.4. The molecule has 5 heteroatoms. The third-order valence-electron chi connectivity index (χ3n) is 3.91. The Balaban J connectivity index is 1.70. The van der Waals surface area contributed by atoms with E-state index in [1.807, 2.05) is 18.2 Å². The van der Waals surface area contributed by atoms with Crippen molar-refractivity contribution in [2.24, 2.45) is 0 Å². The summed E-state index contributed by atoms with van der Waals surface area (Å²) in [6, 6.07) is 6.20. The zero-order valence-electron chi connectivity index (χ0n) is 12.4. The van der Waals surface area contributed by atoms with Gasteiger partial charge >= 0.3 is 0 Å². The second-order valence-corrected chi connectivity index (χ2v) is 5.57. The van der Waals surface area contributed by atoms with Crippen molar-refractivity contribution in [1.82, 2.24) is 19.9 Å². The number of hydrogen-bond donors (Lipinski definition) is 0. The van der Waals surface area contributed by atoms with Crippen molar-refractivity contribution in [2.45, 2.75) is 31.4 Å². The standard InChI is InChI=1S/C16H20N4O/c1-20(2)14-7-5-8-15(14)21-16-11-18-13(10-19-16)12-6-3-4-9-17-12/h3-4,6,9-11,14-15H,5,7-8H2,1-2H3/t14-,15-/m1/s1. The number of pyridine rings is 1. The highest BCUT2D eigenvalue weighted by molar-refractivity contribution is 5.52. The maximum Gasteiger partial charge on any atom is 0.232 e.